The molecule has 0 bridgehead atoms. The van der Waals surface area contributed by atoms with E-state index in [-0.39, 0.29) is 12.5 Å². The van der Waals surface area contributed by atoms with Gasteiger partial charge in [0.05, 0.1) is 17.5 Å². The van der Waals surface area contributed by atoms with E-state index in [0.717, 1.165) is 0 Å². The Labute approximate surface area is 105 Å². The lowest BCUT2D eigenvalue weighted by molar-refractivity contribution is 0.125. The number of hydrogen-bond donors (Lipinski definition) is 1. The second-order valence-electron chi connectivity index (χ2n) is 3.14. The van der Waals surface area contributed by atoms with Gasteiger partial charge in [0.25, 0.3) is 0 Å². The monoisotopic (exact) mass is 264 g/mol. The fourth-order valence-corrected chi connectivity index (χ4v) is 1.34. The maximum atomic E-state index is 9.23. The van der Waals surface area contributed by atoms with Gasteiger partial charge in [-0.3, -0.25) is 0 Å². The molecule has 0 saturated heterocycles. The molecule has 0 heterocycles. The summed E-state index contributed by atoms with van der Waals surface area (Å²) in [5, 5.41) is 9.77. The molecule has 1 rings (SSSR count). The largest absolute Gasteiger partial charge is 0.492 e. The maximum absolute atomic E-state index is 9.23. The molecule has 16 heavy (non-hydrogen) atoms. The minimum atomic E-state index is -0.673. The topological polar surface area (TPSA) is 38.7 Å². The molecule has 0 spiro atoms. The molecule has 1 N–H and O–H groups in total. The van der Waals surface area contributed by atoms with E-state index in [9.17, 15) is 5.11 Å². The lowest BCUT2D eigenvalue weighted by atomic mass is 10.3. The third kappa shape index (κ3) is 4.08. The van der Waals surface area contributed by atoms with Crippen molar-refractivity contribution in [2.24, 2.45) is 0 Å². The number of benzene rings is 1. The molecule has 1 aromatic rings. The highest BCUT2D eigenvalue weighted by molar-refractivity contribution is 6.32. The molecule has 0 fully saturated rings. The van der Waals surface area contributed by atoms with Gasteiger partial charge in [-0.2, -0.15) is 0 Å². The van der Waals surface area contributed by atoms with Gasteiger partial charge in [-0.15, -0.1) is 11.6 Å². The van der Waals surface area contributed by atoms with E-state index in [1.807, 2.05) is 6.92 Å². The van der Waals surface area contributed by atoms with E-state index in [0.29, 0.717) is 23.1 Å². The first-order valence-electron chi connectivity index (χ1n) is 4.96. The number of aliphatic hydroxyl groups is 1. The standard InChI is InChI=1S/C11H14Cl2O3/c1-2-15-11-5-9(3-4-10(11)13)16-7-8(14)6-12/h3-5,8,14H,2,6-7H2,1H3. The van der Waals surface area contributed by atoms with Gasteiger partial charge >= 0.3 is 0 Å². The molecule has 0 aliphatic heterocycles. The third-order valence-electron chi connectivity index (χ3n) is 1.82. The van der Waals surface area contributed by atoms with Crippen molar-refractivity contribution in [2.45, 2.75) is 13.0 Å². The Balaban J connectivity index is 2.63. The highest BCUT2D eigenvalue weighted by Gasteiger charge is 2.06. The zero-order valence-corrected chi connectivity index (χ0v) is 10.5. The molecule has 0 aliphatic carbocycles. The summed E-state index contributed by atoms with van der Waals surface area (Å²) in [6, 6.07) is 5.09. The third-order valence-corrected chi connectivity index (χ3v) is 2.49. The van der Waals surface area contributed by atoms with Crippen LogP contribution in [0.2, 0.25) is 5.02 Å². The average molecular weight is 265 g/mol. The van der Waals surface area contributed by atoms with Crippen LogP contribution in [0.4, 0.5) is 0 Å². The summed E-state index contributed by atoms with van der Waals surface area (Å²) < 4.78 is 10.6. The summed E-state index contributed by atoms with van der Waals surface area (Å²) >= 11 is 11.4. The lowest BCUT2D eigenvalue weighted by Gasteiger charge is -2.11. The summed E-state index contributed by atoms with van der Waals surface area (Å²) in [6.45, 7) is 2.56. The van der Waals surface area contributed by atoms with Crippen molar-refractivity contribution in [1.29, 1.82) is 0 Å². The van der Waals surface area contributed by atoms with Gasteiger partial charge in [-0.25, -0.2) is 0 Å². The first kappa shape index (κ1) is 13.4. The van der Waals surface area contributed by atoms with Crippen LogP contribution in [0.1, 0.15) is 6.92 Å². The molecule has 0 aliphatic rings. The van der Waals surface area contributed by atoms with Crippen molar-refractivity contribution < 1.29 is 14.6 Å². The lowest BCUT2D eigenvalue weighted by Crippen LogP contribution is -2.18. The van der Waals surface area contributed by atoms with Crippen LogP contribution in [-0.2, 0) is 0 Å². The molecule has 1 aromatic carbocycles. The fraction of sp³-hybridized carbons (Fsp3) is 0.455. The fourth-order valence-electron chi connectivity index (χ4n) is 1.08. The summed E-state index contributed by atoms with van der Waals surface area (Å²) in [5.74, 6) is 1.31. The minimum absolute atomic E-state index is 0.145. The Bertz CT molecular complexity index is 331. The van der Waals surface area contributed by atoms with Crippen LogP contribution in [-0.4, -0.2) is 30.3 Å². The predicted molar refractivity (Wildman–Crippen MR) is 64.8 cm³/mol. The Morgan fingerprint density at radius 1 is 1.38 bits per heavy atom. The van der Waals surface area contributed by atoms with Crippen LogP contribution in [0.5, 0.6) is 11.5 Å². The van der Waals surface area contributed by atoms with E-state index in [4.69, 9.17) is 32.7 Å². The molecule has 5 heteroatoms. The molecular formula is C11H14Cl2O3. The average Bonchev–Trinajstić information content (AvgIpc) is 2.30. The number of aliphatic hydroxyl groups excluding tert-OH is 1. The molecule has 0 radical (unpaired) electrons. The van der Waals surface area contributed by atoms with Crippen LogP contribution in [0.25, 0.3) is 0 Å². The Hall–Kier alpha value is -0.640. The summed E-state index contributed by atoms with van der Waals surface area (Å²) in [7, 11) is 0. The Kier molecular flexibility index (Phi) is 5.74. The maximum Gasteiger partial charge on any atom is 0.141 e. The van der Waals surface area contributed by atoms with E-state index in [2.05, 4.69) is 0 Å². The quantitative estimate of drug-likeness (QED) is 0.804. The predicted octanol–water partition coefficient (Wildman–Crippen LogP) is 2.72. The molecule has 1 atom stereocenters. The van der Waals surface area contributed by atoms with Crippen molar-refractivity contribution >= 4 is 23.2 Å². The van der Waals surface area contributed by atoms with E-state index in [1.165, 1.54) is 0 Å². The number of rotatable bonds is 6. The Morgan fingerprint density at radius 2 is 2.12 bits per heavy atom. The van der Waals surface area contributed by atoms with Crippen molar-refractivity contribution in [3.63, 3.8) is 0 Å². The highest BCUT2D eigenvalue weighted by atomic mass is 35.5. The van der Waals surface area contributed by atoms with E-state index in [1.54, 1.807) is 18.2 Å². The zero-order chi connectivity index (χ0) is 12.0. The highest BCUT2D eigenvalue weighted by Crippen LogP contribution is 2.29. The molecule has 0 saturated carbocycles. The van der Waals surface area contributed by atoms with Crippen LogP contribution in [0.3, 0.4) is 0 Å². The van der Waals surface area contributed by atoms with Gasteiger partial charge in [0.1, 0.15) is 24.2 Å². The molecule has 90 valence electrons. The molecule has 0 aromatic heterocycles. The van der Waals surface area contributed by atoms with Crippen LogP contribution >= 0.6 is 23.2 Å². The van der Waals surface area contributed by atoms with Crippen molar-refractivity contribution in [3.05, 3.63) is 23.2 Å². The second kappa shape index (κ2) is 6.84. The molecule has 3 nitrogen and oxygen atoms in total. The van der Waals surface area contributed by atoms with Crippen LogP contribution < -0.4 is 9.47 Å². The van der Waals surface area contributed by atoms with Crippen molar-refractivity contribution in [1.82, 2.24) is 0 Å². The van der Waals surface area contributed by atoms with Gasteiger partial charge in [0.2, 0.25) is 0 Å². The van der Waals surface area contributed by atoms with Gasteiger partial charge in [-0.1, -0.05) is 11.6 Å². The number of halogens is 2. The number of hydrogen-bond acceptors (Lipinski definition) is 3. The van der Waals surface area contributed by atoms with Crippen molar-refractivity contribution in [3.8, 4) is 11.5 Å². The van der Waals surface area contributed by atoms with E-state index < -0.39 is 6.10 Å². The second-order valence-corrected chi connectivity index (χ2v) is 3.86. The molecular weight excluding hydrogens is 251 g/mol. The smallest absolute Gasteiger partial charge is 0.141 e. The normalized spacial score (nSPS) is 12.2. The number of ether oxygens (including phenoxy) is 2. The SMILES string of the molecule is CCOc1cc(OCC(O)CCl)ccc1Cl. The van der Waals surface area contributed by atoms with Gasteiger partial charge < -0.3 is 14.6 Å². The summed E-state index contributed by atoms with van der Waals surface area (Å²) in [5.41, 5.74) is 0. The van der Waals surface area contributed by atoms with Gasteiger partial charge in [0.15, 0.2) is 0 Å². The van der Waals surface area contributed by atoms with Gasteiger partial charge in [-0.05, 0) is 19.1 Å². The first-order chi connectivity index (χ1) is 7.67. The zero-order valence-electron chi connectivity index (χ0n) is 8.95. The molecule has 1 unspecified atom stereocenters. The number of alkyl halides is 1. The van der Waals surface area contributed by atoms with Crippen LogP contribution in [0, 0.1) is 0 Å². The first-order valence-corrected chi connectivity index (χ1v) is 5.87. The molecule has 0 amide bonds. The minimum Gasteiger partial charge on any atom is -0.492 e. The van der Waals surface area contributed by atoms with Gasteiger partial charge in [0, 0.05) is 6.07 Å². The van der Waals surface area contributed by atoms with Crippen molar-refractivity contribution in [2.75, 3.05) is 19.1 Å². The van der Waals surface area contributed by atoms with Crippen LogP contribution in [0.15, 0.2) is 18.2 Å². The summed E-state index contributed by atoms with van der Waals surface area (Å²) in [4.78, 5) is 0. The van der Waals surface area contributed by atoms with E-state index >= 15 is 0 Å². The summed E-state index contributed by atoms with van der Waals surface area (Å²) in [6.07, 6.45) is -0.673. The Morgan fingerprint density at radius 3 is 2.75 bits per heavy atom.